The Morgan fingerprint density at radius 3 is 3.00 bits per heavy atom. The fraction of sp³-hybridized carbons (Fsp3) is 0.625. The lowest BCUT2D eigenvalue weighted by molar-refractivity contribution is 0.0600. The molecule has 1 saturated heterocycles. The van der Waals surface area contributed by atoms with Crippen molar-refractivity contribution in [2.24, 2.45) is 0 Å². The third-order valence-electron chi connectivity index (χ3n) is 3.99. The minimum atomic E-state index is -0.336. The van der Waals surface area contributed by atoms with Gasteiger partial charge < -0.3 is 10.1 Å². The Labute approximate surface area is 126 Å². The molecule has 1 N–H and O–H groups in total. The Kier molecular flexibility index (Phi) is 6.14. The minimum absolute atomic E-state index is 0.336. The number of carbonyl (C=O) groups is 1. The molecule has 0 saturated carbocycles. The second kappa shape index (κ2) is 8.10. The predicted molar refractivity (Wildman–Crippen MR) is 82.2 cm³/mol. The summed E-state index contributed by atoms with van der Waals surface area (Å²) in [4.78, 5) is 18.3. The molecule has 0 aromatic carbocycles. The van der Waals surface area contributed by atoms with Crippen molar-refractivity contribution in [3.05, 3.63) is 29.6 Å². The number of aromatic nitrogens is 1. The summed E-state index contributed by atoms with van der Waals surface area (Å²) in [6.45, 7) is 6.15. The average Bonchev–Trinajstić information content (AvgIpc) is 2.54. The van der Waals surface area contributed by atoms with Crippen LogP contribution in [0.2, 0.25) is 0 Å². The van der Waals surface area contributed by atoms with Gasteiger partial charge in [0.2, 0.25) is 0 Å². The van der Waals surface area contributed by atoms with E-state index < -0.39 is 0 Å². The molecule has 1 aromatic rings. The van der Waals surface area contributed by atoms with Gasteiger partial charge in [0.15, 0.2) is 0 Å². The predicted octanol–water partition coefficient (Wildman–Crippen LogP) is 1.83. The van der Waals surface area contributed by atoms with E-state index in [0.29, 0.717) is 11.6 Å². The number of nitrogens with one attached hydrogen (secondary N) is 1. The molecule has 0 amide bonds. The Morgan fingerprint density at radius 2 is 2.33 bits per heavy atom. The molecule has 116 valence electrons. The topological polar surface area (TPSA) is 54.5 Å². The number of rotatable bonds is 6. The van der Waals surface area contributed by atoms with Crippen molar-refractivity contribution in [3.63, 3.8) is 0 Å². The van der Waals surface area contributed by atoms with Gasteiger partial charge >= 0.3 is 5.97 Å². The van der Waals surface area contributed by atoms with Gasteiger partial charge in [-0.1, -0.05) is 13.3 Å². The Balaban J connectivity index is 1.96. The maximum absolute atomic E-state index is 11.4. The van der Waals surface area contributed by atoms with Crippen molar-refractivity contribution in [2.45, 2.75) is 38.8 Å². The van der Waals surface area contributed by atoms with E-state index in [4.69, 9.17) is 0 Å². The van der Waals surface area contributed by atoms with Crippen LogP contribution >= 0.6 is 0 Å². The quantitative estimate of drug-likeness (QED) is 0.810. The SMILES string of the molecule is CCNCC1CCCCN1Cc1ccc(C(=O)OC)cn1. The molecule has 2 heterocycles. The van der Waals surface area contributed by atoms with Gasteiger partial charge in [-0.3, -0.25) is 9.88 Å². The van der Waals surface area contributed by atoms with E-state index in [1.165, 1.54) is 26.4 Å². The molecule has 1 aliphatic heterocycles. The molecule has 5 nitrogen and oxygen atoms in total. The molecule has 5 heteroatoms. The highest BCUT2D eigenvalue weighted by Gasteiger charge is 2.22. The van der Waals surface area contributed by atoms with E-state index in [1.54, 1.807) is 12.3 Å². The first-order valence-electron chi connectivity index (χ1n) is 7.72. The van der Waals surface area contributed by atoms with E-state index >= 15 is 0 Å². The second-order valence-corrected chi connectivity index (χ2v) is 5.46. The van der Waals surface area contributed by atoms with Gasteiger partial charge in [0, 0.05) is 25.3 Å². The lowest BCUT2D eigenvalue weighted by Crippen LogP contribution is -2.45. The Hall–Kier alpha value is -1.46. The van der Waals surface area contributed by atoms with Crippen LogP contribution in [0.25, 0.3) is 0 Å². The minimum Gasteiger partial charge on any atom is -0.465 e. The van der Waals surface area contributed by atoms with Gasteiger partial charge in [-0.2, -0.15) is 0 Å². The number of nitrogens with zero attached hydrogens (tertiary/aromatic N) is 2. The summed E-state index contributed by atoms with van der Waals surface area (Å²) in [5.74, 6) is -0.336. The number of pyridine rings is 1. The van der Waals surface area contributed by atoms with Crippen LogP contribution in [0.5, 0.6) is 0 Å². The van der Waals surface area contributed by atoms with Crippen molar-refractivity contribution in [1.82, 2.24) is 15.2 Å². The second-order valence-electron chi connectivity index (χ2n) is 5.46. The molecular formula is C16H25N3O2. The molecule has 1 aliphatic rings. The maximum Gasteiger partial charge on any atom is 0.339 e. The zero-order chi connectivity index (χ0) is 15.1. The van der Waals surface area contributed by atoms with Crippen LogP contribution in [-0.2, 0) is 11.3 Å². The number of ether oxygens (including phenoxy) is 1. The smallest absolute Gasteiger partial charge is 0.339 e. The van der Waals surface area contributed by atoms with Crippen LogP contribution in [0.3, 0.4) is 0 Å². The zero-order valence-corrected chi connectivity index (χ0v) is 13.0. The van der Waals surface area contributed by atoms with Crippen LogP contribution in [-0.4, -0.2) is 48.6 Å². The van der Waals surface area contributed by atoms with E-state index in [2.05, 4.69) is 26.9 Å². The van der Waals surface area contributed by atoms with Gasteiger partial charge in [-0.15, -0.1) is 0 Å². The van der Waals surface area contributed by atoms with Crippen molar-refractivity contribution in [2.75, 3.05) is 26.7 Å². The molecule has 0 radical (unpaired) electrons. The van der Waals surface area contributed by atoms with E-state index in [-0.39, 0.29) is 5.97 Å². The number of likely N-dealkylation sites (tertiary alicyclic amines) is 1. The third-order valence-corrected chi connectivity index (χ3v) is 3.99. The van der Waals surface area contributed by atoms with Crippen LogP contribution in [0.1, 0.15) is 42.2 Å². The number of likely N-dealkylation sites (N-methyl/N-ethyl adjacent to an activating group) is 1. The molecule has 1 unspecified atom stereocenters. The summed E-state index contributed by atoms with van der Waals surface area (Å²) in [7, 11) is 1.38. The lowest BCUT2D eigenvalue weighted by Gasteiger charge is -2.35. The Bertz CT molecular complexity index is 447. The van der Waals surface area contributed by atoms with Crippen molar-refractivity contribution >= 4 is 5.97 Å². The molecule has 0 spiro atoms. The number of methoxy groups -OCH3 is 1. The summed E-state index contributed by atoms with van der Waals surface area (Å²) >= 11 is 0. The van der Waals surface area contributed by atoms with Crippen LogP contribution in [0, 0.1) is 0 Å². The highest BCUT2D eigenvalue weighted by Crippen LogP contribution is 2.18. The summed E-state index contributed by atoms with van der Waals surface area (Å²) < 4.78 is 4.69. The van der Waals surface area contributed by atoms with Gasteiger partial charge in [-0.25, -0.2) is 4.79 Å². The zero-order valence-electron chi connectivity index (χ0n) is 13.0. The number of esters is 1. The normalized spacial score (nSPS) is 19.4. The van der Waals surface area contributed by atoms with Gasteiger partial charge in [0.05, 0.1) is 18.4 Å². The summed E-state index contributed by atoms with van der Waals surface area (Å²) in [5.41, 5.74) is 1.51. The number of hydrogen-bond acceptors (Lipinski definition) is 5. The molecule has 1 fully saturated rings. The Morgan fingerprint density at radius 1 is 1.48 bits per heavy atom. The van der Waals surface area contributed by atoms with E-state index in [9.17, 15) is 4.79 Å². The molecule has 1 atom stereocenters. The van der Waals surface area contributed by atoms with Gasteiger partial charge in [-0.05, 0) is 38.1 Å². The maximum atomic E-state index is 11.4. The highest BCUT2D eigenvalue weighted by molar-refractivity contribution is 5.88. The fourth-order valence-electron chi connectivity index (χ4n) is 2.77. The number of carbonyl (C=O) groups excluding carboxylic acids is 1. The number of hydrogen-bond donors (Lipinski definition) is 1. The largest absolute Gasteiger partial charge is 0.465 e. The van der Waals surface area contributed by atoms with Crippen LogP contribution in [0.4, 0.5) is 0 Å². The third kappa shape index (κ3) is 4.51. The average molecular weight is 291 g/mol. The van der Waals surface area contributed by atoms with E-state index in [0.717, 1.165) is 31.9 Å². The van der Waals surface area contributed by atoms with Crippen molar-refractivity contribution in [3.8, 4) is 0 Å². The van der Waals surface area contributed by atoms with Gasteiger partial charge in [0.25, 0.3) is 0 Å². The highest BCUT2D eigenvalue weighted by atomic mass is 16.5. The van der Waals surface area contributed by atoms with Gasteiger partial charge in [0.1, 0.15) is 0 Å². The summed E-state index contributed by atoms with van der Waals surface area (Å²) in [6, 6.07) is 4.29. The molecule has 0 aliphatic carbocycles. The summed E-state index contributed by atoms with van der Waals surface area (Å²) in [6.07, 6.45) is 5.40. The first-order chi connectivity index (χ1) is 10.2. The van der Waals surface area contributed by atoms with Crippen LogP contribution < -0.4 is 5.32 Å². The van der Waals surface area contributed by atoms with Crippen molar-refractivity contribution in [1.29, 1.82) is 0 Å². The standard InChI is InChI=1S/C16H25N3O2/c1-3-17-11-15-6-4-5-9-19(15)12-14-8-7-13(10-18-14)16(20)21-2/h7-8,10,15,17H,3-6,9,11-12H2,1-2H3. The van der Waals surface area contributed by atoms with Crippen molar-refractivity contribution < 1.29 is 9.53 Å². The van der Waals surface area contributed by atoms with E-state index in [1.807, 2.05) is 6.07 Å². The molecule has 1 aromatic heterocycles. The molecular weight excluding hydrogens is 266 g/mol. The molecule has 2 rings (SSSR count). The molecule has 0 bridgehead atoms. The number of piperidine rings is 1. The monoisotopic (exact) mass is 291 g/mol. The fourth-order valence-corrected chi connectivity index (χ4v) is 2.77. The lowest BCUT2D eigenvalue weighted by atomic mass is 10.0. The first-order valence-corrected chi connectivity index (χ1v) is 7.72. The van der Waals surface area contributed by atoms with Crippen LogP contribution in [0.15, 0.2) is 18.3 Å². The molecule has 21 heavy (non-hydrogen) atoms. The summed E-state index contributed by atoms with van der Waals surface area (Å²) in [5, 5.41) is 3.44. The first kappa shape index (κ1) is 15.9.